The van der Waals surface area contributed by atoms with Gasteiger partial charge in [0.25, 0.3) is 10.1 Å². The third-order valence-corrected chi connectivity index (χ3v) is 9.53. The first kappa shape index (κ1) is 35.4. The smallest absolute Gasteiger partial charge is 0.491 e. The Kier molecular flexibility index (Phi) is 9.46. The summed E-state index contributed by atoms with van der Waals surface area (Å²) in [5.74, 6) is -0.00483. The Balaban J connectivity index is 0.000000336. The van der Waals surface area contributed by atoms with Crippen LogP contribution in [0, 0.1) is 13.8 Å². The molecule has 3 aliphatic rings. The lowest BCUT2D eigenvalue weighted by Crippen LogP contribution is -2.26. The van der Waals surface area contributed by atoms with Crippen LogP contribution in [-0.4, -0.2) is 55.1 Å². The molecule has 3 heterocycles. The van der Waals surface area contributed by atoms with Gasteiger partial charge in [0.15, 0.2) is 17.3 Å². The van der Waals surface area contributed by atoms with Crippen molar-refractivity contribution in [1.82, 2.24) is 4.98 Å². The maximum atomic E-state index is 13.5. The van der Waals surface area contributed by atoms with Crippen molar-refractivity contribution in [3.05, 3.63) is 101 Å². The third kappa shape index (κ3) is 8.13. The third-order valence-electron chi connectivity index (χ3n) is 8.66. The number of hydrogen-bond donors (Lipinski definition) is 1. The lowest BCUT2D eigenvalue weighted by molar-refractivity contribution is -0.286. The van der Waals surface area contributed by atoms with Crippen LogP contribution in [0.25, 0.3) is 11.3 Å². The largest absolute Gasteiger partial charge is 0.586 e. The fourth-order valence-corrected chi connectivity index (χ4v) is 6.35. The molecule has 3 aromatic carbocycles. The number of aromatic nitrogens is 1. The number of halogens is 2. The maximum absolute atomic E-state index is 13.5. The summed E-state index contributed by atoms with van der Waals surface area (Å²) in [6.45, 7) is 8.41. The first-order valence-corrected chi connectivity index (χ1v) is 17.5. The average molecular weight is 710 g/mol. The summed E-state index contributed by atoms with van der Waals surface area (Å²) in [5.41, 5.74) is 4.14. The number of nitrogens with zero attached hydrogens (tertiary/aromatic N) is 1. The van der Waals surface area contributed by atoms with Gasteiger partial charge >= 0.3 is 6.29 Å². The van der Waals surface area contributed by atoms with Gasteiger partial charge in [-0.2, -0.15) is 8.42 Å². The molecule has 0 radical (unpaired) electrons. The molecule has 2 fully saturated rings. The molecule has 0 unspecified atom stereocenters. The Labute approximate surface area is 289 Å². The number of aryl methyl sites for hydroxylation is 2. The Hall–Kier alpha value is -4.43. The van der Waals surface area contributed by atoms with E-state index in [1.807, 2.05) is 64.1 Å². The minimum atomic E-state index is -4.02. The molecule has 7 rings (SSSR count). The number of benzene rings is 3. The van der Waals surface area contributed by atoms with Gasteiger partial charge in [-0.25, -0.2) is 0 Å². The van der Waals surface area contributed by atoms with Gasteiger partial charge in [0.1, 0.15) is 24.2 Å². The number of carbonyl (C=O) groups is 1. The minimum Gasteiger partial charge on any atom is -0.491 e. The molecular weight excluding hydrogens is 672 g/mol. The van der Waals surface area contributed by atoms with E-state index in [9.17, 15) is 22.0 Å². The minimum absolute atomic E-state index is 0.00535. The highest BCUT2D eigenvalue weighted by Gasteiger charge is 2.52. The molecule has 1 saturated heterocycles. The highest BCUT2D eigenvalue weighted by atomic mass is 32.2. The molecule has 0 spiro atoms. The van der Waals surface area contributed by atoms with E-state index in [1.54, 1.807) is 18.2 Å². The van der Waals surface area contributed by atoms with E-state index >= 15 is 0 Å². The summed E-state index contributed by atoms with van der Waals surface area (Å²) in [6.07, 6.45) is -2.42. The van der Waals surface area contributed by atoms with Crippen molar-refractivity contribution in [2.45, 2.75) is 75.5 Å². The predicted molar refractivity (Wildman–Crippen MR) is 178 cm³/mol. The van der Waals surface area contributed by atoms with Crippen molar-refractivity contribution >= 4 is 15.9 Å². The molecule has 13 heteroatoms. The average Bonchev–Trinajstić information content (AvgIpc) is 3.70. The van der Waals surface area contributed by atoms with Crippen LogP contribution in [0.4, 0.5) is 8.78 Å². The Bertz CT molecular complexity index is 2010. The van der Waals surface area contributed by atoms with Crippen LogP contribution in [0.5, 0.6) is 17.2 Å². The summed E-state index contributed by atoms with van der Waals surface area (Å²) in [7, 11) is -4.02. The first-order chi connectivity index (χ1) is 23.5. The molecule has 0 amide bonds. The Morgan fingerprint density at radius 2 is 1.68 bits per heavy atom. The lowest BCUT2D eigenvalue weighted by Gasteiger charge is -2.17. The number of hydrogen-bond acceptors (Lipinski definition) is 9. The molecule has 50 heavy (non-hydrogen) atoms. The van der Waals surface area contributed by atoms with Crippen molar-refractivity contribution in [3.63, 3.8) is 0 Å². The van der Waals surface area contributed by atoms with Crippen molar-refractivity contribution in [3.8, 4) is 28.5 Å². The molecule has 1 aliphatic carbocycles. The first-order valence-electron chi connectivity index (χ1n) is 16.0. The molecule has 264 valence electrons. The predicted octanol–water partition coefficient (Wildman–Crippen LogP) is 6.99. The van der Waals surface area contributed by atoms with Crippen LogP contribution < -0.4 is 14.2 Å². The Morgan fingerprint density at radius 1 is 0.960 bits per heavy atom. The summed E-state index contributed by atoms with van der Waals surface area (Å²) < 4.78 is 83.0. The van der Waals surface area contributed by atoms with E-state index in [2.05, 4.69) is 9.47 Å². The zero-order valence-corrected chi connectivity index (χ0v) is 28.8. The number of fused-ring (bicyclic) bond motifs is 1. The quantitative estimate of drug-likeness (QED) is 0.182. The van der Waals surface area contributed by atoms with Gasteiger partial charge in [0.2, 0.25) is 0 Å². The fourth-order valence-electron chi connectivity index (χ4n) is 5.87. The molecular formula is C37H37F2NO9S. The molecule has 4 aromatic rings. The molecule has 1 atom stereocenters. The van der Waals surface area contributed by atoms with E-state index in [4.69, 9.17) is 23.7 Å². The number of ether oxygens (including phenoxy) is 5. The number of carbonyl (C=O) groups excluding carboxylic acids is 1. The second-order valence-electron chi connectivity index (χ2n) is 13.1. The number of ketones is 1. The van der Waals surface area contributed by atoms with E-state index < -0.39 is 27.6 Å². The van der Waals surface area contributed by atoms with E-state index in [0.717, 1.165) is 22.4 Å². The molecule has 1 aromatic heterocycles. The summed E-state index contributed by atoms with van der Waals surface area (Å²) in [4.78, 5) is 18.2. The summed E-state index contributed by atoms with van der Waals surface area (Å²) in [5, 5.41) is 0. The number of Topliss-reactive ketones (excluding diaryl/α,β-unsaturated/α-hetero) is 1. The van der Waals surface area contributed by atoms with Crippen LogP contribution in [0.2, 0.25) is 0 Å². The number of pyridine rings is 1. The van der Waals surface area contributed by atoms with Gasteiger partial charge in [-0.3, -0.25) is 14.3 Å². The second kappa shape index (κ2) is 13.4. The van der Waals surface area contributed by atoms with Crippen molar-refractivity contribution in [2.75, 3.05) is 13.2 Å². The maximum Gasteiger partial charge on any atom is 0.586 e. The van der Waals surface area contributed by atoms with E-state index in [1.165, 1.54) is 24.3 Å². The summed E-state index contributed by atoms with van der Waals surface area (Å²) in [6, 6.07) is 22.0. The van der Waals surface area contributed by atoms with E-state index in [-0.39, 0.29) is 34.7 Å². The fraction of sp³-hybridized carbons (Fsp3) is 0.351. The normalized spacial score (nSPS) is 19.3. The lowest BCUT2D eigenvalue weighted by atomic mass is 9.88. The number of alkyl halides is 2. The molecule has 2 aliphatic heterocycles. The van der Waals surface area contributed by atoms with Crippen molar-refractivity contribution < 1.29 is 50.2 Å². The Morgan fingerprint density at radius 3 is 2.34 bits per heavy atom. The highest BCUT2D eigenvalue weighted by Crippen LogP contribution is 2.52. The SMILES string of the molecule is Cc1ccc(CC(=O)C2(c3ccc4c(c3)OC(F)(F)O4)CC2)nc1-c1cccc(OC[C@@H]2COC(C)(C)O2)c1.Cc1ccc(S(=O)(=O)O)cc1. The van der Waals surface area contributed by atoms with Crippen LogP contribution >= 0.6 is 0 Å². The van der Waals surface area contributed by atoms with Gasteiger partial charge in [0.05, 0.1) is 22.6 Å². The molecule has 1 saturated carbocycles. The molecule has 1 N–H and O–H groups in total. The topological polar surface area (TPSA) is 130 Å². The van der Waals surface area contributed by atoms with Crippen molar-refractivity contribution in [1.29, 1.82) is 0 Å². The monoisotopic (exact) mass is 709 g/mol. The van der Waals surface area contributed by atoms with Gasteiger partial charge in [-0.05, 0) is 94.1 Å². The highest BCUT2D eigenvalue weighted by molar-refractivity contribution is 7.85. The van der Waals surface area contributed by atoms with Gasteiger partial charge < -0.3 is 23.7 Å². The van der Waals surface area contributed by atoms with Crippen LogP contribution in [0.15, 0.2) is 83.8 Å². The second-order valence-corrected chi connectivity index (χ2v) is 14.5. The van der Waals surface area contributed by atoms with Gasteiger partial charge in [-0.1, -0.05) is 42.0 Å². The van der Waals surface area contributed by atoms with Crippen LogP contribution in [-0.2, 0) is 36.2 Å². The van der Waals surface area contributed by atoms with Crippen molar-refractivity contribution in [2.24, 2.45) is 0 Å². The van der Waals surface area contributed by atoms with Gasteiger partial charge in [-0.15, -0.1) is 8.78 Å². The molecule has 0 bridgehead atoms. The molecule has 10 nitrogen and oxygen atoms in total. The van der Waals surface area contributed by atoms with Crippen LogP contribution in [0.1, 0.15) is 49.1 Å². The van der Waals surface area contributed by atoms with Crippen LogP contribution in [0.3, 0.4) is 0 Å². The zero-order valence-electron chi connectivity index (χ0n) is 27.9. The zero-order chi connectivity index (χ0) is 35.9. The van der Waals surface area contributed by atoms with E-state index in [0.29, 0.717) is 43.1 Å². The van der Waals surface area contributed by atoms with Gasteiger partial charge in [0, 0.05) is 17.7 Å². The number of rotatable bonds is 9. The summed E-state index contributed by atoms with van der Waals surface area (Å²) >= 11 is 0. The standard InChI is InChI=1S/C30H29F2NO6.C7H8O3S/c1-18-7-9-21(15-26(34)29(11-12-29)20-8-10-24-25(14-20)39-30(31,32)38-24)33-27(18)19-5-4-6-22(13-19)35-16-23-17-36-28(2,3)37-23;1-6-2-4-7(5-3-6)11(8,9)10/h4-10,13-14,23H,11-12,15-17H2,1-3H3;2-5H,1H3,(H,8,9,10)/t23-;/m1./s1.